The maximum Gasteiger partial charge on any atom is 0.229 e. The molecule has 0 saturated carbocycles. The van der Waals surface area contributed by atoms with Crippen molar-refractivity contribution in [2.45, 2.75) is 6.42 Å². The van der Waals surface area contributed by atoms with Gasteiger partial charge < -0.3 is 4.90 Å². The van der Waals surface area contributed by atoms with E-state index in [2.05, 4.69) is 23.1 Å². The molecule has 0 aliphatic carbocycles. The number of thiazole rings is 1. The number of rotatable bonds is 7. The van der Waals surface area contributed by atoms with Crippen LogP contribution in [0.25, 0.3) is 10.7 Å². The van der Waals surface area contributed by atoms with Crippen LogP contribution < -0.4 is 0 Å². The first-order chi connectivity index (χ1) is 10.2. The van der Waals surface area contributed by atoms with Crippen molar-refractivity contribution in [3.63, 3.8) is 0 Å². The molecule has 2 rings (SSSR count). The van der Waals surface area contributed by atoms with Gasteiger partial charge in [0.2, 0.25) is 5.91 Å². The predicted octanol–water partition coefficient (Wildman–Crippen LogP) is 2.95. The Kier molecular flexibility index (Phi) is 5.40. The summed E-state index contributed by atoms with van der Waals surface area (Å²) in [6, 6.07) is 5.70. The van der Waals surface area contributed by atoms with Crippen LogP contribution >= 0.6 is 11.3 Å². The van der Waals surface area contributed by atoms with Crippen LogP contribution in [0.5, 0.6) is 0 Å². The van der Waals surface area contributed by atoms with Gasteiger partial charge in [0.1, 0.15) is 5.01 Å². The molecule has 0 aliphatic heterocycles. The lowest BCUT2D eigenvalue weighted by molar-refractivity contribution is -0.129. The van der Waals surface area contributed by atoms with Gasteiger partial charge in [-0.1, -0.05) is 18.2 Å². The average molecular weight is 299 g/mol. The van der Waals surface area contributed by atoms with Gasteiger partial charge in [-0.25, -0.2) is 4.98 Å². The van der Waals surface area contributed by atoms with Crippen LogP contribution in [0.1, 0.15) is 5.69 Å². The molecule has 0 spiro atoms. The average Bonchev–Trinajstić information content (AvgIpc) is 2.96. The third-order valence-electron chi connectivity index (χ3n) is 2.82. The standard InChI is InChI=1S/C16H17N3OS/c1-3-9-19(10-4-2)15(20)11-13-12-21-16(18-13)14-7-5-6-8-17-14/h3-8,12H,1-2,9-11H2. The van der Waals surface area contributed by atoms with Crippen molar-refractivity contribution in [1.82, 2.24) is 14.9 Å². The molecule has 0 saturated heterocycles. The molecule has 0 atom stereocenters. The van der Waals surface area contributed by atoms with Gasteiger partial charge in [-0.3, -0.25) is 9.78 Å². The lowest BCUT2D eigenvalue weighted by Gasteiger charge is -2.18. The molecule has 2 heterocycles. The number of hydrogen-bond donors (Lipinski definition) is 0. The van der Waals surface area contributed by atoms with Crippen LogP contribution in [0, 0.1) is 0 Å². The van der Waals surface area contributed by atoms with Gasteiger partial charge in [-0.2, -0.15) is 0 Å². The fraction of sp³-hybridized carbons (Fsp3) is 0.188. The van der Waals surface area contributed by atoms with Crippen molar-refractivity contribution in [3.05, 3.63) is 60.8 Å². The van der Waals surface area contributed by atoms with E-state index in [4.69, 9.17) is 0 Å². The second kappa shape index (κ2) is 7.50. The monoisotopic (exact) mass is 299 g/mol. The first-order valence-corrected chi connectivity index (χ1v) is 7.48. The van der Waals surface area contributed by atoms with Crippen LogP contribution in [-0.2, 0) is 11.2 Å². The van der Waals surface area contributed by atoms with Crippen molar-refractivity contribution in [2.75, 3.05) is 13.1 Å². The number of hydrogen-bond acceptors (Lipinski definition) is 4. The number of amides is 1. The molecule has 5 heteroatoms. The maximum atomic E-state index is 12.2. The van der Waals surface area contributed by atoms with E-state index in [1.807, 2.05) is 23.6 Å². The molecule has 0 radical (unpaired) electrons. The molecule has 0 N–H and O–H groups in total. The number of carbonyl (C=O) groups is 1. The highest BCUT2D eigenvalue weighted by Crippen LogP contribution is 2.21. The second-order valence-electron chi connectivity index (χ2n) is 4.41. The van der Waals surface area contributed by atoms with Crippen LogP contribution in [0.15, 0.2) is 55.1 Å². The van der Waals surface area contributed by atoms with Gasteiger partial charge in [0.25, 0.3) is 0 Å². The Balaban J connectivity index is 2.06. The van der Waals surface area contributed by atoms with Gasteiger partial charge in [0.05, 0.1) is 17.8 Å². The molecule has 0 aromatic carbocycles. The lowest BCUT2D eigenvalue weighted by atomic mass is 10.3. The van der Waals surface area contributed by atoms with Gasteiger partial charge in [0, 0.05) is 24.7 Å². The van der Waals surface area contributed by atoms with Crippen LogP contribution in [0.4, 0.5) is 0 Å². The van der Waals surface area contributed by atoms with Crippen LogP contribution in [-0.4, -0.2) is 33.9 Å². The SMILES string of the molecule is C=CCN(CC=C)C(=O)Cc1csc(-c2ccccn2)n1. The number of aromatic nitrogens is 2. The molecule has 0 bridgehead atoms. The highest BCUT2D eigenvalue weighted by Gasteiger charge is 2.14. The zero-order chi connectivity index (χ0) is 15.1. The minimum atomic E-state index is 0.0210. The molecule has 2 aromatic heterocycles. The van der Waals surface area contributed by atoms with E-state index in [0.717, 1.165) is 16.4 Å². The number of pyridine rings is 1. The van der Waals surface area contributed by atoms with Gasteiger partial charge in [-0.15, -0.1) is 24.5 Å². The van der Waals surface area contributed by atoms with E-state index in [0.29, 0.717) is 13.1 Å². The Morgan fingerprint density at radius 2 is 2.05 bits per heavy atom. The van der Waals surface area contributed by atoms with E-state index >= 15 is 0 Å². The van der Waals surface area contributed by atoms with E-state index < -0.39 is 0 Å². The predicted molar refractivity (Wildman–Crippen MR) is 86.0 cm³/mol. The highest BCUT2D eigenvalue weighted by molar-refractivity contribution is 7.13. The first kappa shape index (κ1) is 15.1. The molecule has 2 aromatic rings. The minimum Gasteiger partial charge on any atom is -0.335 e. The van der Waals surface area contributed by atoms with Gasteiger partial charge in [-0.05, 0) is 12.1 Å². The lowest BCUT2D eigenvalue weighted by Crippen LogP contribution is -2.32. The van der Waals surface area contributed by atoms with Crippen molar-refractivity contribution in [1.29, 1.82) is 0 Å². The highest BCUT2D eigenvalue weighted by atomic mass is 32.1. The minimum absolute atomic E-state index is 0.0210. The summed E-state index contributed by atoms with van der Waals surface area (Å²) in [6.45, 7) is 8.36. The van der Waals surface area contributed by atoms with Gasteiger partial charge in [0.15, 0.2) is 0 Å². The molecule has 21 heavy (non-hydrogen) atoms. The summed E-state index contributed by atoms with van der Waals surface area (Å²) in [5, 5.41) is 2.74. The van der Waals surface area contributed by atoms with Gasteiger partial charge >= 0.3 is 0 Å². The van der Waals surface area contributed by atoms with Crippen molar-refractivity contribution >= 4 is 17.2 Å². The zero-order valence-corrected chi connectivity index (χ0v) is 12.6. The molecule has 0 aliphatic rings. The fourth-order valence-electron chi connectivity index (χ4n) is 1.85. The molecule has 4 nitrogen and oxygen atoms in total. The van der Waals surface area contributed by atoms with E-state index in [1.165, 1.54) is 11.3 Å². The smallest absolute Gasteiger partial charge is 0.229 e. The summed E-state index contributed by atoms with van der Waals surface area (Å²) >= 11 is 1.50. The second-order valence-corrected chi connectivity index (χ2v) is 5.27. The van der Waals surface area contributed by atoms with E-state index in [1.54, 1.807) is 23.2 Å². The Morgan fingerprint density at radius 1 is 1.29 bits per heavy atom. The van der Waals surface area contributed by atoms with E-state index in [9.17, 15) is 4.79 Å². The summed E-state index contributed by atoms with van der Waals surface area (Å²) < 4.78 is 0. The number of nitrogens with zero attached hydrogens (tertiary/aromatic N) is 3. The Hall–Kier alpha value is -2.27. The van der Waals surface area contributed by atoms with Crippen molar-refractivity contribution < 1.29 is 4.79 Å². The zero-order valence-electron chi connectivity index (χ0n) is 11.7. The van der Waals surface area contributed by atoms with E-state index in [-0.39, 0.29) is 12.3 Å². The summed E-state index contributed by atoms with van der Waals surface area (Å²) in [6.07, 6.45) is 5.44. The normalized spacial score (nSPS) is 10.1. The maximum absolute atomic E-state index is 12.2. The Bertz CT molecular complexity index is 611. The summed E-state index contributed by atoms with van der Waals surface area (Å²) in [4.78, 5) is 22.7. The number of carbonyl (C=O) groups excluding carboxylic acids is 1. The Morgan fingerprint density at radius 3 is 2.67 bits per heavy atom. The summed E-state index contributed by atoms with van der Waals surface area (Å²) in [5.41, 5.74) is 1.60. The quantitative estimate of drug-likeness (QED) is 0.738. The fourth-order valence-corrected chi connectivity index (χ4v) is 2.65. The van der Waals surface area contributed by atoms with Crippen molar-refractivity contribution in [2.24, 2.45) is 0 Å². The Labute approximate surface area is 128 Å². The molecule has 0 unspecified atom stereocenters. The largest absolute Gasteiger partial charge is 0.335 e. The third-order valence-corrected chi connectivity index (χ3v) is 3.73. The first-order valence-electron chi connectivity index (χ1n) is 6.60. The molecule has 0 fully saturated rings. The molecular weight excluding hydrogens is 282 g/mol. The van der Waals surface area contributed by atoms with Crippen LogP contribution in [0.3, 0.4) is 0 Å². The summed E-state index contributed by atoms with van der Waals surface area (Å²) in [5.74, 6) is 0.0210. The van der Waals surface area contributed by atoms with Crippen LogP contribution in [0.2, 0.25) is 0 Å². The molecule has 108 valence electrons. The van der Waals surface area contributed by atoms with Crippen molar-refractivity contribution in [3.8, 4) is 10.7 Å². The third kappa shape index (κ3) is 4.10. The molecular formula is C16H17N3OS. The topological polar surface area (TPSA) is 46.1 Å². The summed E-state index contributed by atoms with van der Waals surface area (Å²) in [7, 11) is 0. The molecule has 1 amide bonds.